The van der Waals surface area contributed by atoms with Gasteiger partial charge in [-0.15, -0.1) is 0 Å². The topological polar surface area (TPSA) is 68.1 Å². The predicted molar refractivity (Wildman–Crippen MR) is 116 cm³/mol. The standard InChI is InChI=1S/C23H21FN6O/c24-16-3-1-15(2-4-16)22-27-20-5-6-21(29-18-11-26-12-19(29)14-31-13-18)28-23(20)30(22)17-7-9-25-10-8-17/h1-10,18-19,26H,11-14H2/t18-,19+. The van der Waals surface area contributed by atoms with E-state index in [-0.39, 0.29) is 17.9 Å². The first-order valence-electron chi connectivity index (χ1n) is 10.4. The van der Waals surface area contributed by atoms with Crippen LogP contribution in [-0.4, -0.2) is 57.9 Å². The van der Waals surface area contributed by atoms with Crippen molar-refractivity contribution in [3.63, 3.8) is 0 Å². The summed E-state index contributed by atoms with van der Waals surface area (Å²) >= 11 is 0. The number of benzene rings is 1. The number of nitrogens with zero attached hydrogens (tertiary/aromatic N) is 5. The maximum atomic E-state index is 13.5. The molecule has 156 valence electrons. The molecule has 2 fully saturated rings. The van der Waals surface area contributed by atoms with Crippen molar-refractivity contribution in [1.29, 1.82) is 0 Å². The first kappa shape index (κ1) is 18.4. The Morgan fingerprint density at radius 2 is 1.65 bits per heavy atom. The quantitative estimate of drug-likeness (QED) is 0.554. The highest BCUT2D eigenvalue weighted by Crippen LogP contribution is 2.31. The lowest BCUT2D eigenvalue weighted by Gasteiger charge is -2.46. The number of halogens is 1. The molecule has 31 heavy (non-hydrogen) atoms. The molecule has 3 aromatic heterocycles. The SMILES string of the molecule is Fc1ccc(-c2nc3ccc(N4[C@@H]5CNC[C@H]4COC5)nc3n2-c2ccncc2)cc1. The average molecular weight is 416 g/mol. The average Bonchev–Trinajstić information content (AvgIpc) is 3.18. The fourth-order valence-corrected chi connectivity index (χ4v) is 4.53. The van der Waals surface area contributed by atoms with Gasteiger partial charge in [-0.25, -0.2) is 14.4 Å². The molecule has 0 amide bonds. The van der Waals surface area contributed by atoms with Gasteiger partial charge in [-0.2, -0.15) is 0 Å². The van der Waals surface area contributed by atoms with Crippen molar-refractivity contribution in [1.82, 2.24) is 24.8 Å². The lowest BCUT2D eigenvalue weighted by atomic mass is 10.1. The smallest absolute Gasteiger partial charge is 0.167 e. The number of morpholine rings is 1. The zero-order chi connectivity index (χ0) is 20.8. The van der Waals surface area contributed by atoms with Gasteiger partial charge in [0.25, 0.3) is 0 Å². The molecule has 7 nitrogen and oxygen atoms in total. The Hall–Kier alpha value is -3.36. The van der Waals surface area contributed by atoms with Gasteiger partial charge in [-0.05, 0) is 48.5 Å². The van der Waals surface area contributed by atoms with E-state index in [9.17, 15) is 4.39 Å². The highest BCUT2D eigenvalue weighted by molar-refractivity contribution is 5.81. The molecule has 1 N–H and O–H groups in total. The van der Waals surface area contributed by atoms with Crippen LogP contribution < -0.4 is 10.2 Å². The number of hydrogen-bond donors (Lipinski definition) is 1. The Balaban J connectivity index is 1.54. The zero-order valence-electron chi connectivity index (χ0n) is 16.8. The second kappa shape index (κ2) is 7.40. The van der Waals surface area contributed by atoms with Gasteiger partial charge in [0.1, 0.15) is 23.0 Å². The van der Waals surface area contributed by atoms with Crippen LogP contribution >= 0.6 is 0 Å². The second-order valence-corrected chi connectivity index (χ2v) is 7.91. The molecule has 0 aliphatic carbocycles. The van der Waals surface area contributed by atoms with Crippen LogP contribution in [0.25, 0.3) is 28.2 Å². The van der Waals surface area contributed by atoms with E-state index in [1.807, 2.05) is 28.8 Å². The summed E-state index contributed by atoms with van der Waals surface area (Å²) in [6.07, 6.45) is 3.50. The van der Waals surface area contributed by atoms with Gasteiger partial charge in [0, 0.05) is 31.0 Å². The molecule has 2 bridgehead atoms. The number of pyridine rings is 2. The number of imidazole rings is 1. The van der Waals surface area contributed by atoms with E-state index in [1.165, 1.54) is 12.1 Å². The van der Waals surface area contributed by atoms with E-state index in [1.54, 1.807) is 24.5 Å². The van der Waals surface area contributed by atoms with Crippen LogP contribution in [0.3, 0.4) is 0 Å². The van der Waals surface area contributed by atoms with Crippen molar-refractivity contribution >= 4 is 17.0 Å². The van der Waals surface area contributed by atoms with Crippen molar-refractivity contribution in [3.05, 3.63) is 66.7 Å². The summed E-state index contributed by atoms with van der Waals surface area (Å²) in [4.78, 5) is 16.4. The van der Waals surface area contributed by atoms with Crippen molar-refractivity contribution in [2.45, 2.75) is 12.1 Å². The Labute approximate surface area is 178 Å². The first-order valence-corrected chi connectivity index (χ1v) is 10.4. The molecule has 0 unspecified atom stereocenters. The molecule has 2 aliphatic heterocycles. The Morgan fingerprint density at radius 1 is 0.903 bits per heavy atom. The predicted octanol–water partition coefficient (Wildman–Crippen LogP) is 2.80. The van der Waals surface area contributed by atoms with Crippen molar-refractivity contribution in [3.8, 4) is 17.1 Å². The Morgan fingerprint density at radius 3 is 2.39 bits per heavy atom. The number of fused-ring (bicyclic) bond motifs is 3. The van der Waals surface area contributed by atoms with E-state index >= 15 is 0 Å². The van der Waals surface area contributed by atoms with Crippen molar-refractivity contribution in [2.75, 3.05) is 31.2 Å². The minimum absolute atomic E-state index is 0.256. The Kier molecular flexibility index (Phi) is 4.40. The lowest BCUT2D eigenvalue weighted by molar-refractivity contribution is 0.0523. The molecule has 2 saturated heterocycles. The zero-order valence-corrected chi connectivity index (χ0v) is 16.8. The van der Waals surface area contributed by atoms with E-state index in [2.05, 4.69) is 15.2 Å². The van der Waals surface area contributed by atoms with Crippen LogP contribution in [0.1, 0.15) is 0 Å². The second-order valence-electron chi connectivity index (χ2n) is 7.91. The number of rotatable bonds is 3. The normalized spacial score (nSPS) is 20.9. The number of piperazine rings is 1. The molecule has 4 aromatic rings. The largest absolute Gasteiger partial charge is 0.377 e. The fraction of sp³-hybridized carbons (Fsp3) is 0.261. The summed E-state index contributed by atoms with van der Waals surface area (Å²) in [5, 5.41) is 3.49. The van der Waals surface area contributed by atoms with Gasteiger partial charge < -0.3 is 15.0 Å². The van der Waals surface area contributed by atoms with E-state index in [0.29, 0.717) is 13.2 Å². The maximum absolute atomic E-state index is 13.5. The number of ether oxygens (including phenoxy) is 1. The molecule has 0 saturated carbocycles. The molecule has 2 aliphatic rings. The minimum atomic E-state index is -0.275. The van der Waals surface area contributed by atoms with Gasteiger partial charge in [-0.3, -0.25) is 9.55 Å². The number of hydrogen-bond acceptors (Lipinski definition) is 6. The number of nitrogens with one attached hydrogen (secondary N) is 1. The van der Waals surface area contributed by atoms with E-state index in [0.717, 1.165) is 47.1 Å². The third-order valence-electron chi connectivity index (χ3n) is 5.94. The monoisotopic (exact) mass is 416 g/mol. The lowest BCUT2D eigenvalue weighted by Crippen LogP contribution is -2.64. The molecular formula is C23H21FN6O. The summed E-state index contributed by atoms with van der Waals surface area (Å²) in [7, 11) is 0. The molecule has 0 radical (unpaired) electrons. The molecule has 2 atom stereocenters. The molecule has 6 rings (SSSR count). The summed E-state index contributed by atoms with van der Waals surface area (Å²) in [6.45, 7) is 3.13. The third-order valence-corrected chi connectivity index (χ3v) is 5.94. The van der Waals surface area contributed by atoms with Gasteiger partial charge in [-0.1, -0.05) is 0 Å². The van der Waals surface area contributed by atoms with Crippen molar-refractivity contribution in [2.24, 2.45) is 0 Å². The highest BCUT2D eigenvalue weighted by Gasteiger charge is 2.35. The van der Waals surface area contributed by atoms with Crippen LogP contribution in [0.2, 0.25) is 0 Å². The Bertz CT molecular complexity index is 1200. The molecule has 5 heterocycles. The molecule has 1 aromatic carbocycles. The van der Waals surface area contributed by atoms with Crippen LogP contribution in [-0.2, 0) is 4.74 Å². The summed E-state index contributed by atoms with van der Waals surface area (Å²) in [6, 6.07) is 14.8. The van der Waals surface area contributed by atoms with Crippen LogP contribution in [0.15, 0.2) is 60.9 Å². The first-order chi connectivity index (χ1) is 15.3. The van der Waals surface area contributed by atoms with Gasteiger partial charge in [0.2, 0.25) is 0 Å². The third kappa shape index (κ3) is 3.15. The summed E-state index contributed by atoms with van der Waals surface area (Å²) in [5.41, 5.74) is 3.28. The highest BCUT2D eigenvalue weighted by atomic mass is 19.1. The van der Waals surface area contributed by atoms with E-state index in [4.69, 9.17) is 14.7 Å². The van der Waals surface area contributed by atoms with Crippen LogP contribution in [0, 0.1) is 5.82 Å². The van der Waals surface area contributed by atoms with Gasteiger partial charge in [0.05, 0.1) is 31.0 Å². The van der Waals surface area contributed by atoms with Crippen molar-refractivity contribution < 1.29 is 9.13 Å². The number of aromatic nitrogens is 4. The van der Waals surface area contributed by atoms with Gasteiger partial charge in [0.15, 0.2) is 5.65 Å². The number of anilines is 1. The minimum Gasteiger partial charge on any atom is -0.377 e. The summed E-state index contributed by atoms with van der Waals surface area (Å²) in [5.74, 6) is 1.37. The van der Waals surface area contributed by atoms with Gasteiger partial charge >= 0.3 is 0 Å². The maximum Gasteiger partial charge on any atom is 0.167 e. The fourth-order valence-electron chi connectivity index (χ4n) is 4.53. The molecule has 8 heteroatoms. The van der Waals surface area contributed by atoms with Crippen LogP contribution in [0.4, 0.5) is 10.2 Å². The molecular weight excluding hydrogens is 395 g/mol. The van der Waals surface area contributed by atoms with Crippen LogP contribution in [0.5, 0.6) is 0 Å². The molecule has 0 spiro atoms. The summed E-state index contributed by atoms with van der Waals surface area (Å²) < 4.78 is 21.3. The van der Waals surface area contributed by atoms with E-state index < -0.39 is 0 Å².